The minimum atomic E-state index is 0.286. The van der Waals surface area contributed by atoms with Gasteiger partial charge in [-0.2, -0.15) is 0 Å². The van der Waals surface area contributed by atoms with Gasteiger partial charge in [-0.3, -0.25) is 4.98 Å². The van der Waals surface area contributed by atoms with Gasteiger partial charge in [0.1, 0.15) is 0 Å². The number of pyridine rings is 1. The number of aromatic nitrogens is 1. The molecule has 0 spiro atoms. The van der Waals surface area contributed by atoms with E-state index in [-0.39, 0.29) is 6.04 Å². The summed E-state index contributed by atoms with van der Waals surface area (Å²) in [6.45, 7) is 7.36. The summed E-state index contributed by atoms with van der Waals surface area (Å²) in [5.74, 6) is 0. The maximum Gasteiger partial charge on any atom is 0.0423 e. The highest BCUT2D eigenvalue weighted by Crippen LogP contribution is 2.27. The zero-order valence-corrected chi connectivity index (χ0v) is 15.8. The number of likely N-dealkylation sites (N-methyl/N-ethyl adjacent to an activating group) is 1. The lowest BCUT2D eigenvalue weighted by atomic mass is 9.97. The first kappa shape index (κ1) is 16.7. The first-order valence-electron chi connectivity index (χ1n) is 7.11. The van der Waals surface area contributed by atoms with E-state index in [0.29, 0.717) is 0 Å². The highest BCUT2D eigenvalue weighted by Gasteiger charge is 2.14. The van der Waals surface area contributed by atoms with E-state index >= 15 is 0 Å². The van der Waals surface area contributed by atoms with Gasteiger partial charge in [0.05, 0.1) is 0 Å². The van der Waals surface area contributed by atoms with Crippen LogP contribution >= 0.6 is 31.9 Å². The summed E-state index contributed by atoms with van der Waals surface area (Å²) in [7, 11) is 0. The van der Waals surface area contributed by atoms with Gasteiger partial charge in [-0.15, -0.1) is 0 Å². The van der Waals surface area contributed by atoms with Gasteiger partial charge in [0.15, 0.2) is 0 Å². The zero-order chi connectivity index (χ0) is 15.4. The van der Waals surface area contributed by atoms with Crippen LogP contribution < -0.4 is 5.32 Å². The standard InChI is InChI=1S/C17H20Br2N2/c1-4-20-16(9-15-6-5-14(18)10-21-15)13-7-11(2)17(19)12(3)8-13/h5-8,10,16,20H,4,9H2,1-3H3. The van der Waals surface area contributed by atoms with Crippen molar-refractivity contribution in [2.24, 2.45) is 0 Å². The van der Waals surface area contributed by atoms with E-state index in [0.717, 1.165) is 23.1 Å². The van der Waals surface area contributed by atoms with Crippen LogP contribution in [-0.4, -0.2) is 11.5 Å². The molecule has 1 aromatic carbocycles. The minimum Gasteiger partial charge on any atom is -0.310 e. The Kier molecular flexibility index (Phi) is 5.97. The summed E-state index contributed by atoms with van der Waals surface area (Å²) >= 11 is 7.07. The third-order valence-electron chi connectivity index (χ3n) is 3.51. The molecule has 1 unspecified atom stereocenters. The number of halogens is 2. The van der Waals surface area contributed by atoms with Crippen LogP contribution in [-0.2, 0) is 6.42 Å². The number of aryl methyl sites for hydroxylation is 2. The Morgan fingerprint density at radius 1 is 1.14 bits per heavy atom. The second kappa shape index (κ2) is 7.52. The third-order valence-corrected chi connectivity index (χ3v) is 5.23. The van der Waals surface area contributed by atoms with Crippen LogP contribution in [0.25, 0.3) is 0 Å². The maximum absolute atomic E-state index is 4.49. The van der Waals surface area contributed by atoms with Gasteiger partial charge >= 0.3 is 0 Å². The van der Waals surface area contributed by atoms with Gasteiger partial charge in [-0.25, -0.2) is 0 Å². The smallest absolute Gasteiger partial charge is 0.0423 e. The van der Waals surface area contributed by atoms with Crippen molar-refractivity contribution < 1.29 is 0 Å². The Labute approximate surface area is 143 Å². The van der Waals surface area contributed by atoms with E-state index in [9.17, 15) is 0 Å². The highest BCUT2D eigenvalue weighted by molar-refractivity contribution is 9.10. The van der Waals surface area contributed by atoms with Crippen molar-refractivity contribution in [2.45, 2.75) is 33.2 Å². The van der Waals surface area contributed by atoms with E-state index < -0.39 is 0 Å². The van der Waals surface area contributed by atoms with Crippen molar-refractivity contribution in [1.29, 1.82) is 0 Å². The summed E-state index contributed by atoms with van der Waals surface area (Å²) in [4.78, 5) is 4.49. The Balaban J connectivity index is 2.28. The molecule has 2 rings (SSSR count). The largest absolute Gasteiger partial charge is 0.310 e. The van der Waals surface area contributed by atoms with Gasteiger partial charge in [0.2, 0.25) is 0 Å². The Bertz CT molecular complexity index is 586. The van der Waals surface area contributed by atoms with Crippen LogP contribution in [0.5, 0.6) is 0 Å². The van der Waals surface area contributed by atoms with E-state index in [1.165, 1.54) is 21.2 Å². The Morgan fingerprint density at radius 2 is 1.81 bits per heavy atom. The molecule has 0 fully saturated rings. The maximum atomic E-state index is 4.49. The summed E-state index contributed by atoms with van der Waals surface area (Å²) in [5.41, 5.74) is 4.97. The highest BCUT2D eigenvalue weighted by atomic mass is 79.9. The SMILES string of the molecule is CCNC(Cc1ccc(Br)cn1)c1cc(C)c(Br)c(C)c1. The first-order chi connectivity index (χ1) is 10.0. The number of rotatable bonds is 5. The molecule has 0 bridgehead atoms. The van der Waals surface area contributed by atoms with Crippen molar-refractivity contribution in [3.63, 3.8) is 0 Å². The molecule has 0 amide bonds. The van der Waals surface area contributed by atoms with Crippen molar-refractivity contribution in [1.82, 2.24) is 10.3 Å². The topological polar surface area (TPSA) is 24.9 Å². The van der Waals surface area contributed by atoms with Crippen LogP contribution in [0.4, 0.5) is 0 Å². The van der Waals surface area contributed by atoms with E-state index in [4.69, 9.17) is 0 Å². The second-order valence-electron chi connectivity index (χ2n) is 5.25. The fourth-order valence-corrected chi connectivity index (χ4v) is 2.93. The number of hydrogen-bond donors (Lipinski definition) is 1. The summed E-state index contributed by atoms with van der Waals surface area (Å²) in [5, 5.41) is 3.57. The van der Waals surface area contributed by atoms with Crippen LogP contribution in [0.2, 0.25) is 0 Å². The fraction of sp³-hybridized carbons (Fsp3) is 0.353. The van der Waals surface area contributed by atoms with Crippen molar-refractivity contribution in [3.05, 3.63) is 61.8 Å². The molecular weight excluding hydrogens is 392 g/mol. The minimum absolute atomic E-state index is 0.286. The molecule has 0 saturated heterocycles. The molecule has 112 valence electrons. The lowest BCUT2D eigenvalue weighted by Gasteiger charge is -2.20. The molecule has 2 aromatic rings. The molecule has 0 saturated carbocycles. The molecule has 1 aromatic heterocycles. The van der Waals surface area contributed by atoms with E-state index in [1.807, 2.05) is 12.3 Å². The predicted octanol–water partition coefficient (Wildman–Crippen LogP) is 5.12. The second-order valence-corrected chi connectivity index (χ2v) is 6.96. The van der Waals surface area contributed by atoms with Gasteiger partial charge in [0.25, 0.3) is 0 Å². The lowest BCUT2D eigenvalue weighted by Crippen LogP contribution is -2.23. The average Bonchev–Trinajstić information content (AvgIpc) is 2.46. The average molecular weight is 412 g/mol. The van der Waals surface area contributed by atoms with Crippen molar-refractivity contribution in [3.8, 4) is 0 Å². The molecule has 0 aliphatic heterocycles. The molecule has 0 aliphatic rings. The molecule has 2 nitrogen and oxygen atoms in total. The third kappa shape index (κ3) is 4.38. The normalized spacial score (nSPS) is 12.4. The lowest BCUT2D eigenvalue weighted by molar-refractivity contribution is 0.543. The Hall–Kier alpha value is -0.710. The summed E-state index contributed by atoms with van der Waals surface area (Å²) < 4.78 is 2.21. The quantitative estimate of drug-likeness (QED) is 0.738. The van der Waals surface area contributed by atoms with E-state index in [2.05, 4.69) is 81.1 Å². The molecule has 0 radical (unpaired) electrons. The number of nitrogens with zero attached hydrogens (tertiary/aromatic N) is 1. The molecule has 21 heavy (non-hydrogen) atoms. The van der Waals surface area contributed by atoms with Crippen LogP contribution in [0.1, 0.15) is 35.3 Å². The molecule has 1 heterocycles. The van der Waals surface area contributed by atoms with Crippen LogP contribution in [0.15, 0.2) is 39.4 Å². The molecule has 1 atom stereocenters. The first-order valence-corrected chi connectivity index (χ1v) is 8.70. The van der Waals surface area contributed by atoms with E-state index in [1.54, 1.807) is 0 Å². The molecular formula is C17H20Br2N2. The summed E-state index contributed by atoms with van der Waals surface area (Å²) in [6, 6.07) is 8.91. The number of benzene rings is 1. The van der Waals surface area contributed by atoms with Crippen LogP contribution in [0.3, 0.4) is 0 Å². The van der Waals surface area contributed by atoms with Gasteiger partial charge < -0.3 is 5.32 Å². The predicted molar refractivity (Wildman–Crippen MR) is 95.7 cm³/mol. The van der Waals surface area contributed by atoms with Gasteiger partial charge in [-0.1, -0.05) is 35.0 Å². The van der Waals surface area contributed by atoms with Gasteiger partial charge in [0, 0.05) is 33.3 Å². The Morgan fingerprint density at radius 3 is 2.33 bits per heavy atom. The molecule has 0 aliphatic carbocycles. The summed E-state index contributed by atoms with van der Waals surface area (Å²) in [6.07, 6.45) is 2.75. The van der Waals surface area contributed by atoms with Gasteiger partial charge in [-0.05, 0) is 65.1 Å². The fourth-order valence-electron chi connectivity index (χ4n) is 2.47. The van der Waals surface area contributed by atoms with Crippen molar-refractivity contribution >= 4 is 31.9 Å². The number of nitrogens with one attached hydrogen (secondary N) is 1. The molecule has 4 heteroatoms. The zero-order valence-electron chi connectivity index (χ0n) is 12.6. The van der Waals surface area contributed by atoms with Crippen molar-refractivity contribution in [2.75, 3.05) is 6.54 Å². The molecule has 1 N–H and O–H groups in total. The number of hydrogen-bond acceptors (Lipinski definition) is 2. The van der Waals surface area contributed by atoms with Crippen LogP contribution in [0, 0.1) is 13.8 Å². The monoisotopic (exact) mass is 410 g/mol.